The number of aliphatic hydroxyl groups is 1. The Labute approximate surface area is 99.4 Å². The van der Waals surface area contributed by atoms with Crippen LogP contribution < -0.4 is 5.32 Å². The van der Waals surface area contributed by atoms with Crippen molar-refractivity contribution in [3.63, 3.8) is 0 Å². The summed E-state index contributed by atoms with van der Waals surface area (Å²) in [6.07, 6.45) is 3.63. The Morgan fingerprint density at radius 1 is 1.31 bits per heavy atom. The van der Waals surface area contributed by atoms with Gasteiger partial charge in [0.2, 0.25) is 0 Å². The first-order valence-electron chi connectivity index (χ1n) is 5.56. The third-order valence-electron chi connectivity index (χ3n) is 3.00. The molecule has 0 saturated heterocycles. The van der Waals surface area contributed by atoms with Crippen LogP contribution in [0.25, 0.3) is 0 Å². The van der Waals surface area contributed by atoms with Crippen LogP contribution in [0.3, 0.4) is 0 Å². The van der Waals surface area contributed by atoms with E-state index in [0.717, 1.165) is 31.4 Å². The monoisotopic (exact) mass is 243 g/mol. The summed E-state index contributed by atoms with van der Waals surface area (Å²) in [5.74, 6) is -0.420. The van der Waals surface area contributed by atoms with Crippen molar-refractivity contribution in [3.8, 4) is 0 Å². The van der Waals surface area contributed by atoms with E-state index in [4.69, 9.17) is 11.6 Å². The molecule has 0 radical (unpaired) electrons. The van der Waals surface area contributed by atoms with Gasteiger partial charge in [0.05, 0.1) is 17.2 Å². The summed E-state index contributed by atoms with van der Waals surface area (Å²) in [7, 11) is 0. The van der Waals surface area contributed by atoms with Gasteiger partial charge < -0.3 is 10.4 Å². The van der Waals surface area contributed by atoms with E-state index in [1.165, 1.54) is 6.07 Å². The van der Waals surface area contributed by atoms with Crippen molar-refractivity contribution in [2.45, 2.75) is 37.8 Å². The minimum atomic E-state index is -0.420. The van der Waals surface area contributed by atoms with E-state index in [1.54, 1.807) is 12.1 Å². The maximum atomic E-state index is 12.9. The van der Waals surface area contributed by atoms with Crippen molar-refractivity contribution in [3.05, 3.63) is 29.0 Å². The Morgan fingerprint density at radius 3 is 2.75 bits per heavy atom. The second-order valence-electron chi connectivity index (χ2n) is 4.23. The number of anilines is 1. The molecule has 0 heterocycles. The topological polar surface area (TPSA) is 32.3 Å². The van der Waals surface area contributed by atoms with E-state index in [9.17, 15) is 9.50 Å². The van der Waals surface area contributed by atoms with Crippen LogP contribution in [0, 0.1) is 5.82 Å². The van der Waals surface area contributed by atoms with Gasteiger partial charge in [-0.05, 0) is 31.0 Å². The third kappa shape index (κ3) is 2.66. The smallest absolute Gasteiger partial charge is 0.141 e. The van der Waals surface area contributed by atoms with E-state index >= 15 is 0 Å². The van der Waals surface area contributed by atoms with Crippen LogP contribution in [0.2, 0.25) is 5.02 Å². The van der Waals surface area contributed by atoms with E-state index in [-0.39, 0.29) is 17.2 Å². The third-order valence-corrected chi connectivity index (χ3v) is 3.29. The van der Waals surface area contributed by atoms with Gasteiger partial charge >= 0.3 is 0 Å². The minimum Gasteiger partial charge on any atom is -0.391 e. The normalized spacial score (nSPS) is 25.4. The standard InChI is InChI=1S/C12H15ClFNO/c13-9-7-8(5-6-10(9)14)15-11-3-1-2-4-12(11)16/h5-7,11-12,15-16H,1-4H2/t11-,12-/m0/s1. The van der Waals surface area contributed by atoms with Gasteiger partial charge in [0.25, 0.3) is 0 Å². The average Bonchev–Trinajstić information content (AvgIpc) is 2.27. The quantitative estimate of drug-likeness (QED) is 0.836. The molecule has 0 amide bonds. The van der Waals surface area contributed by atoms with Gasteiger partial charge in [-0.25, -0.2) is 4.39 Å². The largest absolute Gasteiger partial charge is 0.391 e. The average molecular weight is 244 g/mol. The maximum absolute atomic E-state index is 12.9. The highest BCUT2D eigenvalue weighted by Crippen LogP contribution is 2.24. The molecule has 0 aliphatic heterocycles. The molecule has 2 atom stereocenters. The molecule has 0 spiro atoms. The Hall–Kier alpha value is -0.800. The first-order chi connectivity index (χ1) is 7.66. The number of hydrogen-bond donors (Lipinski definition) is 2. The van der Waals surface area contributed by atoms with Gasteiger partial charge in [-0.15, -0.1) is 0 Å². The van der Waals surface area contributed by atoms with E-state index in [0.29, 0.717) is 0 Å². The number of rotatable bonds is 2. The molecule has 2 nitrogen and oxygen atoms in total. The van der Waals surface area contributed by atoms with Gasteiger partial charge in [-0.1, -0.05) is 24.4 Å². The predicted octanol–water partition coefficient (Wildman–Crippen LogP) is 3.19. The number of nitrogens with one attached hydrogen (secondary N) is 1. The van der Waals surface area contributed by atoms with Gasteiger partial charge in [0, 0.05) is 5.69 Å². The molecule has 1 aromatic rings. The molecule has 4 heteroatoms. The summed E-state index contributed by atoms with van der Waals surface area (Å²) in [4.78, 5) is 0. The van der Waals surface area contributed by atoms with Gasteiger partial charge in [-0.3, -0.25) is 0 Å². The molecule has 0 aromatic heterocycles. The lowest BCUT2D eigenvalue weighted by Gasteiger charge is -2.29. The summed E-state index contributed by atoms with van der Waals surface area (Å²) in [6.45, 7) is 0. The lowest BCUT2D eigenvalue weighted by molar-refractivity contribution is 0.116. The van der Waals surface area contributed by atoms with Crippen LogP contribution in [0.15, 0.2) is 18.2 Å². The molecule has 2 N–H and O–H groups in total. The highest BCUT2D eigenvalue weighted by Gasteiger charge is 2.22. The first kappa shape index (κ1) is 11.7. The highest BCUT2D eigenvalue weighted by atomic mass is 35.5. The van der Waals surface area contributed by atoms with Crippen LogP contribution in [-0.2, 0) is 0 Å². The van der Waals surface area contributed by atoms with Gasteiger partial charge in [0.1, 0.15) is 5.82 Å². The summed E-state index contributed by atoms with van der Waals surface area (Å²) in [5.41, 5.74) is 0.761. The molecular weight excluding hydrogens is 229 g/mol. The fourth-order valence-electron chi connectivity index (χ4n) is 2.08. The van der Waals surface area contributed by atoms with Crippen LogP contribution in [0.5, 0.6) is 0 Å². The number of halogens is 2. The van der Waals surface area contributed by atoms with Crippen LogP contribution >= 0.6 is 11.6 Å². The fourth-order valence-corrected chi connectivity index (χ4v) is 2.26. The van der Waals surface area contributed by atoms with Crippen LogP contribution in [0.1, 0.15) is 25.7 Å². The Kier molecular flexibility index (Phi) is 3.66. The summed E-state index contributed by atoms with van der Waals surface area (Å²) in [6, 6.07) is 4.58. The van der Waals surface area contributed by atoms with Crippen molar-refractivity contribution in [1.82, 2.24) is 0 Å². The Morgan fingerprint density at radius 2 is 2.06 bits per heavy atom. The number of hydrogen-bond acceptors (Lipinski definition) is 2. The summed E-state index contributed by atoms with van der Waals surface area (Å²) < 4.78 is 12.9. The van der Waals surface area contributed by atoms with Crippen molar-refractivity contribution in [1.29, 1.82) is 0 Å². The number of aliphatic hydroxyl groups excluding tert-OH is 1. The molecule has 2 rings (SSSR count). The first-order valence-corrected chi connectivity index (χ1v) is 5.94. The van der Waals surface area contributed by atoms with Crippen molar-refractivity contribution >= 4 is 17.3 Å². The zero-order chi connectivity index (χ0) is 11.5. The second kappa shape index (κ2) is 5.02. The molecule has 0 unspecified atom stereocenters. The van der Waals surface area contributed by atoms with Crippen molar-refractivity contribution in [2.75, 3.05) is 5.32 Å². The molecule has 1 aliphatic rings. The van der Waals surface area contributed by atoms with Gasteiger partial charge in [-0.2, -0.15) is 0 Å². The van der Waals surface area contributed by atoms with Crippen LogP contribution in [-0.4, -0.2) is 17.3 Å². The van der Waals surface area contributed by atoms with E-state index in [1.807, 2.05) is 0 Å². The molecule has 88 valence electrons. The Balaban J connectivity index is 2.05. The molecule has 1 aromatic carbocycles. The molecule has 1 fully saturated rings. The second-order valence-corrected chi connectivity index (χ2v) is 4.64. The molecular formula is C12H15ClFNO. The predicted molar refractivity (Wildman–Crippen MR) is 63.3 cm³/mol. The maximum Gasteiger partial charge on any atom is 0.141 e. The molecule has 1 saturated carbocycles. The summed E-state index contributed by atoms with van der Waals surface area (Å²) >= 11 is 5.69. The van der Waals surface area contributed by atoms with E-state index in [2.05, 4.69) is 5.32 Å². The van der Waals surface area contributed by atoms with Crippen molar-refractivity contribution in [2.24, 2.45) is 0 Å². The van der Waals surface area contributed by atoms with Crippen LogP contribution in [0.4, 0.5) is 10.1 Å². The lowest BCUT2D eigenvalue weighted by Crippen LogP contribution is -2.36. The highest BCUT2D eigenvalue weighted by molar-refractivity contribution is 6.31. The molecule has 0 bridgehead atoms. The molecule has 16 heavy (non-hydrogen) atoms. The zero-order valence-electron chi connectivity index (χ0n) is 8.92. The fraction of sp³-hybridized carbons (Fsp3) is 0.500. The Bertz CT molecular complexity index is 372. The molecule has 1 aliphatic carbocycles. The van der Waals surface area contributed by atoms with Crippen molar-refractivity contribution < 1.29 is 9.50 Å². The van der Waals surface area contributed by atoms with Gasteiger partial charge in [0.15, 0.2) is 0 Å². The SMILES string of the molecule is O[C@H]1CCCC[C@@H]1Nc1ccc(F)c(Cl)c1. The van der Waals surface area contributed by atoms with E-state index < -0.39 is 5.82 Å². The number of benzene rings is 1. The lowest BCUT2D eigenvalue weighted by atomic mass is 9.92. The zero-order valence-corrected chi connectivity index (χ0v) is 9.67. The minimum absolute atomic E-state index is 0.0512. The summed E-state index contributed by atoms with van der Waals surface area (Å²) in [5, 5.41) is 13.1.